The second-order valence-corrected chi connectivity index (χ2v) is 9.44. The van der Waals surface area contributed by atoms with E-state index < -0.39 is 0 Å². The number of benzene rings is 4. The van der Waals surface area contributed by atoms with E-state index in [1.165, 1.54) is 16.7 Å². The maximum atomic E-state index is 4.72. The van der Waals surface area contributed by atoms with Crippen LogP contribution in [0.2, 0.25) is 0 Å². The Bertz CT molecular complexity index is 1260. The van der Waals surface area contributed by atoms with E-state index in [4.69, 9.17) is 4.99 Å². The van der Waals surface area contributed by atoms with E-state index in [1.54, 1.807) is 0 Å². The van der Waals surface area contributed by atoms with Crippen LogP contribution in [0.1, 0.15) is 37.5 Å². The highest BCUT2D eigenvalue weighted by atomic mass is 15.2. The molecule has 0 bridgehead atoms. The Morgan fingerprint density at radius 2 is 1.15 bits per heavy atom. The topological polar surface area (TPSA) is 15.6 Å². The summed E-state index contributed by atoms with van der Waals surface area (Å²) in [5.41, 5.74) is 7.82. The molecule has 0 saturated carbocycles. The molecule has 34 heavy (non-hydrogen) atoms. The van der Waals surface area contributed by atoms with Gasteiger partial charge < -0.3 is 0 Å². The second-order valence-electron chi connectivity index (χ2n) is 9.44. The third-order valence-electron chi connectivity index (χ3n) is 6.04. The van der Waals surface area contributed by atoms with Crippen molar-refractivity contribution in [3.05, 3.63) is 132 Å². The van der Waals surface area contributed by atoms with Crippen molar-refractivity contribution < 1.29 is 0 Å². The number of amidine groups is 1. The van der Waals surface area contributed by atoms with Crippen molar-refractivity contribution in [2.45, 2.75) is 26.2 Å². The molecule has 4 aromatic carbocycles. The van der Waals surface area contributed by atoms with Crippen LogP contribution in [0, 0.1) is 0 Å². The molecular formula is C32H32N2. The molecule has 0 heterocycles. The van der Waals surface area contributed by atoms with Gasteiger partial charge in [-0.15, -0.1) is 0 Å². The summed E-state index contributed by atoms with van der Waals surface area (Å²) >= 11 is 0. The van der Waals surface area contributed by atoms with Crippen LogP contribution in [0.5, 0.6) is 0 Å². The SMILES string of the molecule is C=C(c1ccc(C(C)(C)C)cc1)N(C(=NC)c1ccc(-c2ccccc2)cc1)c1ccccc1. The molecule has 0 saturated heterocycles. The molecule has 0 aliphatic heterocycles. The van der Waals surface area contributed by atoms with Gasteiger partial charge in [-0.05, 0) is 39.8 Å². The number of hydrogen-bond donors (Lipinski definition) is 0. The minimum absolute atomic E-state index is 0.107. The zero-order valence-corrected chi connectivity index (χ0v) is 20.5. The van der Waals surface area contributed by atoms with Gasteiger partial charge in [-0.1, -0.05) is 124 Å². The second kappa shape index (κ2) is 9.93. The fourth-order valence-corrected chi connectivity index (χ4v) is 4.08. The number of para-hydroxylation sites is 1. The highest BCUT2D eigenvalue weighted by molar-refractivity contribution is 6.17. The number of nitrogens with zero attached hydrogens (tertiary/aromatic N) is 2. The van der Waals surface area contributed by atoms with Gasteiger partial charge in [0.25, 0.3) is 0 Å². The quantitative estimate of drug-likeness (QED) is 0.224. The minimum Gasteiger partial charge on any atom is -0.295 e. The minimum atomic E-state index is 0.107. The molecule has 0 atom stereocenters. The van der Waals surface area contributed by atoms with E-state index in [0.717, 1.165) is 28.3 Å². The Morgan fingerprint density at radius 1 is 0.647 bits per heavy atom. The predicted molar refractivity (Wildman–Crippen MR) is 147 cm³/mol. The fraction of sp³-hybridized carbons (Fsp3) is 0.156. The summed E-state index contributed by atoms with van der Waals surface area (Å²) < 4.78 is 0. The monoisotopic (exact) mass is 444 g/mol. The molecule has 4 rings (SSSR count). The third kappa shape index (κ3) is 5.02. The van der Waals surface area contributed by atoms with E-state index in [9.17, 15) is 0 Å². The van der Waals surface area contributed by atoms with E-state index in [-0.39, 0.29) is 5.41 Å². The Morgan fingerprint density at radius 3 is 1.68 bits per heavy atom. The summed E-state index contributed by atoms with van der Waals surface area (Å²) in [5.74, 6) is 0.857. The highest BCUT2D eigenvalue weighted by Crippen LogP contribution is 2.30. The van der Waals surface area contributed by atoms with E-state index in [0.29, 0.717) is 0 Å². The average molecular weight is 445 g/mol. The average Bonchev–Trinajstić information content (AvgIpc) is 2.87. The van der Waals surface area contributed by atoms with Gasteiger partial charge in [-0.25, -0.2) is 0 Å². The lowest BCUT2D eigenvalue weighted by molar-refractivity contribution is 0.590. The summed E-state index contributed by atoms with van der Waals surface area (Å²) in [7, 11) is 1.84. The summed E-state index contributed by atoms with van der Waals surface area (Å²) in [6.07, 6.45) is 0. The molecule has 2 heteroatoms. The molecule has 0 fully saturated rings. The maximum absolute atomic E-state index is 4.72. The molecule has 0 aliphatic rings. The van der Waals surface area contributed by atoms with E-state index in [1.807, 2.05) is 31.3 Å². The lowest BCUT2D eigenvalue weighted by atomic mass is 9.86. The normalized spacial score (nSPS) is 11.8. The molecule has 0 aliphatic carbocycles. The van der Waals surface area contributed by atoms with Crippen LogP contribution < -0.4 is 4.90 Å². The molecule has 0 aromatic heterocycles. The first-order chi connectivity index (χ1) is 16.4. The van der Waals surface area contributed by atoms with Crippen molar-refractivity contribution in [1.29, 1.82) is 0 Å². The number of anilines is 1. The zero-order valence-electron chi connectivity index (χ0n) is 20.5. The van der Waals surface area contributed by atoms with Crippen LogP contribution in [-0.2, 0) is 5.41 Å². The van der Waals surface area contributed by atoms with E-state index >= 15 is 0 Å². The van der Waals surface area contributed by atoms with Gasteiger partial charge in [0.15, 0.2) is 0 Å². The summed E-state index contributed by atoms with van der Waals surface area (Å²) in [5, 5.41) is 0. The van der Waals surface area contributed by atoms with Crippen molar-refractivity contribution in [3.8, 4) is 11.1 Å². The van der Waals surface area contributed by atoms with Gasteiger partial charge in [0.05, 0.1) is 0 Å². The number of rotatable bonds is 5. The molecule has 0 spiro atoms. The van der Waals surface area contributed by atoms with Crippen LogP contribution in [0.4, 0.5) is 5.69 Å². The first-order valence-electron chi connectivity index (χ1n) is 11.7. The zero-order chi connectivity index (χ0) is 24.1. The Kier molecular flexibility index (Phi) is 6.79. The van der Waals surface area contributed by atoms with Gasteiger partial charge >= 0.3 is 0 Å². The van der Waals surface area contributed by atoms with Crippen LogP contribution >= 0.6 is 0 Å². The molecule has 170 valence electrons. The van der Waals surface area contributed by atoms with Gasteiger partial charge in [-0.2, -0.15) is 0 Å². The molecule has 0 amide bonds. The summed E-state index contributed by atoms with van der Waals surface area (Å²) in [6.45, 7) is 11.2. The third-order valence-corrected chi connectivity index (χ3v) is 6.04. The number of aliphatic imine (C=N–C) groups is 1. The van der Waals surface area contributed by atoms with Crippen molar-refractivity contribution in [3.63, 3.8) is 0 Å². The number of hydrogen-bond acceptors (Lipinski definition) is 1. The lowest BCUT2D eigenvalue weighted by Gasteiger charge is -2.29. The summed E-state index contributed by atoms with van der Waals surface area (Å²) in [6, 6.07) is 38.0. The van der Waals surface area contributed by atoms with Crippen molar-refractivity contribution in [2.24, 2.45) is 4.99 Å². The largest absolute Gasteiger partial charge is 0.295 e. The predicted octanol–water partition coefficient (Wildman–Crippen LogP) is 8.21. The standard InChI is InChI=1S/C32H32N2/c1-24(25-20-22-29(23-21-25)32(2,3)4)34(30-14-10-7-11-15-30)31(33-5)28-18-16-27(17-19-28)26-12-8-6-9-13-26/h6-23H,1H2,2-5H3. The molecule has 2 nitrogen and oxygen atoms in total. The molecule has 0 radical (unpaired) electrons. The maximum Gasteiger partial charge on any atom is 0.139 e. The van der Waals surface area contributed by atoms with Gasteiger partial charge in [0.2, 0.25) is 0 Å². The Labute approximate surface area is 203 Å². The van der Waals surface area contributed by atoms with Gasteiger partial charge in [-0.3, -0.25) is 9.89 Å². The molecule has 0 N–H and O–H groups in total. The van der Waals surface area contributed by atoms with Crippen molar-refractivity contribution in [1.82, 2.24) is 0 Å². The van der Waals surface area contributed by atoms with Crippen LogP contribution in [-0.4, -0.2) is 12.9 Å². The van der Waals surface area contributed by atoms with Crippen LogP contribution in [0.25, 0.3) is 16.8 Å². The fourth-order valence-electron chi connectivity index (χ4n) is 4.08. The highest BCUT2D eigenvalue weighted by Gasteiger charge is 2.21. The first-order valence-corrected chi connectivity index (χ1v) is 11.7. The Balaban J connectivity index is 1.72. The molecule has 0 unspecified atom stereocenters. The summed E-state index contributed by atoms with van der Waals surface area (Å²) in [4.78, 5) is 6.87. The molecule has 4 aromatic rings. The lowest BCUT2D eigenvalue weighted by Crippen LogP contribution is -2.30. The molecular weight excluding hydrogens is 412 g/mol. The Hall–Kier alpha value is -3.91. The first kappa shape index (κ1) is 23.3. The van der Waals surface area contributed by atoms with Gasteiger partial charge in [0, 0.05) is 24.0 Å². The van der Waals surface area contributed by atoms with Crippen molar-refractivity contribution >= 4 is 17.2 Å². The van der Waals surface area contributed by atoms with Crippen LogP contribution in [0.3, 0.4) is 0 Å². The smallest absolute Gasteiger partial charge is 0.139 e. The van der Waals surface area contributed by atoms with Gasteiger partial charge in [0.1, 0.15) is 5.84 Å². The van der Waals surface area contributed by atoms with E-state index in [2.05, 4.69) is 117 Å². The van der Waals surface area contributed by atoms with Crippen LogP contribution in [0.15, 0.2) is 121 Å². The van der Waals surface area contributed by atoms with Crippen molar-refractivity contribution in [2.75, 3.05) is 11.9 Å².